The van der Waals surface area contributed by atoms with E-state index < -0.39 is 0 Å². The first-order valence-corrected chi connectivity index (χ1v) is 16.5. The molecule has 0 unspecified atom stereocenters. The maximum absolute atomic E-state index is 14.0. The zero-order valence-corrected chi connectivity index (χ0v) is 28.0. The summed E-state index contributed by atoms with van der Waals surface area (Å²) in [5.41, 5.74) is 3.32. The van der Waals surface area contributed by atoms with Crippen LogP contribution in [-0.4, -0.2) is 68.1 Å². The number of aromatic nitrogens is 1. The van der Waals surface area contributed by atoms with Gasteiger partial charge in [0.2, 0.25) is 11.8 Å². The van der Waals surface area contributed by atoms with Gasteiger partial charge in [-0.05, 0) is 66.4 Å². The topological polar surface area (TPSA) is 122 Å². The van der Waals surface area contributed by atoms with E-state index in [0.29, 0.717) is 60.4 Å². The molecule has 3 amide bonds. The third kappa shape index (κ3) is 9.96. The van der Waals surface area contributed by atoms with E-state index in [1.165, 1.54) is 6.20 Å². The molecule has 0 saturated heterocycles. The Bertz CT molecular complexity index is 1730. The number of hydrogen-bond donors (Lipinski definition) is 2. The molecule has 0 fully saturated rings. The summed E-state index contributed by atoms with van der Waals surface area (Å²) in [6.45, 7) is 1.38. The second-order valence-electron chi connectivity index (χ2n) is 11.7. The molecular formula is C38H43N5O6. The Hall–Kier alpha value is -5.58. The third-order valence-corrected chi connectivity index (χ3v) is 8.19. The second-order valence-corrected chi connectivity index (χ2v) is 11.7. The molecule has 0 aliphatic carbocycles. The number of methoxy groups -OCH3 is 2. The smallest absolute Gasteiger partial charge is 0.255 e. The fourth-order valence-corrected chi connectivity index (χ4v) is 5.58. The summed E-state index contributed by atoms with van der Waals surface area (Å²) >= 11 is 0. The number of nitrogens with zero attached hydrogens (tertiary/aromatic N) is 3. The highest BCUT2D eigenvalue weighted by molar-refractivity contribution is 5.97. The van der Waals surface area contributed by atoms with Crippen molar-refractivity contribution in [2.75, 3.05) is 45.4 Å². The molecule has 0 saturated carbocycles. The number of nitrogens with one attached hydrogen (secondary N) is 2. The van der Waals surface area contributed by atoms with Crippen molar-refractivity contribution in [3.63, 3.8) is 0 Å². The van der Waals surface area contributed by atoms with Crippen LogP contribution in [0.1, 0.15) is 47.2 Å². The van der Waals surface area contributed by atoms with Gasteiger partial charge in [-0.1, -0.05) is 49.2 Å². The van der Waals surface area contributed by atoms with Crippen LogP contribution in [0.3, 0.4) is 0 Å². The minimum atomic E-state index is -0.312. The Labute approximate surface area is 287 Å². The van der Waals surface area contributed by atoms with Crippen LogP contribution >= 0.6 is 0 Å². The minimum absolute atomic E-state index is 0.0555. The van der Waals surface area contributed by atoms with Crippen LogP contribution in [0.2, 0.25) is 0 Å². The van der Waals surface area contributed by atoms with Gasteiger partial charge < -0.3 is 34.6 Å². The van der Waals surface area contributed by atoms with Gasteiger partial charge in [-0.2, -0.15) is 0 Å². The molecule has 1 aliphatic heterocycles. The third-order valence-electron chi connectivity index (χ3n) is 8.19. The van der Waals surface area contributed by atoms with E-state index in [-0.39, 0.29) is 30.8 Å². The number of carbonyl (C=O) groups is 3. The maximum atomic E-state index is 14.0. The van der Waals surface area contributed by atoms with Gasteiger partial charge >= 0.3 is 0 Å². The zero-order valence-electron chi connectivity index (χ0n) is 28.0. The number of ether oxygens (including phenoxy) is 3. The number of pyridine rings is 1. The summed E-state index contributed by atoms with van der Waals surface area (Å²) in [6.07, 6.45) is 6.44. The van der Waals surface area contributed by atoms with Crippen molar-refractivity contribution in [3.05, 3.63) is 108 Å². The highest BCUT2D eigenvalue weighted by Crippen LogP contribution is 2.34. The first-order chi connectivity index (χ1) is 23.9. The van der Waals surface area contributed by atoms with Crippen molar-refractivity contribution < 1.29 is 28.6 Å². The summed E-state index contributed by atoms with van der Waals surface area (Å²) < 4.78 is 16.8. The largest absolute Gasteiger partial charge is 0.497 e. The summed E-state index contributed by atoms with van der Waals surface area (Å²) in [5, 5.41) is 5.92. The second kappa shape index (κ2) is 17.5. The lowest BCUT2D eigenvalue weighted by Gasteiger charge is -2.27. The van der Waals surface area contributed by atoms with E-state index in [1.54, 1.807) is 36.3 Å². The van der Waals surface area contributed by atoms with Crippen molar-refractivity contribution in [3.8, 4) is 17.2 Å². The van der Waals surface area contributed by atoms with Crippen LogP contribution in [-0.2, 0) is 22.7 Å². The zero-order chi connectivity index (χ0) is 34.4. The molecular weight excluding hydrogens is 622 g/mol. The minimum Gasteiger partial charge on any atom is -0.497 e. The molecule has 5 rings (SSSR count). The Morgan fingerprint density at radius 2 is 1.43 bits per heavy atom. The van der Waals surface area contributed by atoms with Crippen LogP contribution in [0, 0.1) is 0 Å². The SMILES string of the molecule is COc1cccc(CNC(=O)CN2CCCCCCOc3ccccc3N(CC(=O)NCc3cccc(OC)c3)c3cncc(c3)C2=O)c1. The van der Waals surface area contributed by atoms with Crippen molar-refractivity contribution >= 4 is 29.1 Å². The molecule has 2 bridgehead atoms. The van der Waals surface area contributed by atoms with E-state index in [0.717, 1.165) is 36.8 Å². The number of fused-ring (bicyclic) bond motifs is 3. The molecule has 1 aliphatic rings. The molecule has 49 heavy (non-hydrogen) atoms. The van der Waals surface area contributed by atoms with E-state index in [2.05, 4.69) is 15.6 Å². The lowest BCUT2D eigenvalue weighted by Crippen LogP contribution is -2.41. The number of anilines is 2. The summed E-state index contributed by atoms with van der Waals surface area (Å²) in [6, 6.07) is 24.2. The fourth-order valence-electron chi connectivity index (χ4n) is 5.58. The Balaban J connectivity index is 1.37. The van der Waals surface area contributed by atoms with Crippen LogP contribution in [0.15, 0.2) is 91.3 Å². The molecule has 256 valence electrons. The molecule has 4 aromatic rings. The number of amides is 3. The molecule has 3 aromatic carbocycles. The number of para-hydroxylation sites is 2. The van der Waals surface area contributed by atoms with Gasteiger partial charge in [0.25, 0.3) is 5.91 Å². The van der Waals surface area contributed by atoms with Crippen molar-refractivity contribution in [2.45, 2.75) is 38.8 Å². The predicted molar refractivity (Wildman–Crippen MR) is 187 cm³/mol. The van der Waals surface area contributed by atoms with Gasteiger partial charge in [-0.25, -0.2) is 0 Å². The van der Waals surface area contributed by atoms with Crippen molar-refractivity contribution in [1.29, 1.82) is 0 Å². The maximum Gasteiger partial charge on any atom is 0.255 e. The number of hydrogen-bond acceptors (Lipinski definition) is 8. The first kappa shape index (κ1) is 34.7. The van der Waals surface area contributed by atoms with Crippen LogP contribution in [0.5, 0.6) is 17.2 Å². The van der Waals surface area contributed by atoms with E-state index in [9.17, 15) is 14.4 Å². The monoisotopic (exact) mass is 665 g/mol. The molecule has 11 heteroatoms. The fraction of sp³-hybridized carbons (Fsp3) is 0.316. The van der Waals surface area contributed by atoms with Crippen molar-refractivity contribution in [1.82, 2.24) is 20.5 Å². The van der Waals surface area contributed by atoms with Gasteiger partial charge in [0.05, 0.1) is 50.5 Å². The van der Waals surface area contributed by atoms with E-state index >= 15 is 0 Å². The standard InChI is InChI=1S/C38H43N5O6/c1-47-32-13-9-11-28(19-32)22-40-36(44)26-42-17-7-3-4-8-18-49-35-16-6-5-15-34(35)43(31-21-30(38(42)46)24-39-25-31)27-37(45)41-23-29-12-10-14-33(20-29)48-2/h5-6,9-16,19-21,24-25H,3-4,7-8,17-18,22-23,26-27H2,1-2H3,(H,40,44)(H,41,45). The molecule has 0 atom stereocenters. The van der Waals surface area contributed by atoms with Crippen LogP contribution in [0.25, 0.3) is 0 Å². The summed E-state index contributed by atoms with van der Waals surface area (Å²) in [4.78, 5) is 48.3. The quantitative estimate of drug-likeness (QED) is 0.235. The van der Waals surface area contributed by atoms with E-state index in [4.69, 9.17) is 14.2 Å². The van der Waals surface area contributed by atoms with Gasteiger partial charge in [0, 0.05) is 25.8 Å². The summed E-state index contributed by atoms with van der Waals surface area (Å²) in [7, 11) is 3.20. The number of rotatable bonds is 10. The molecule has 11 nitrogen and oxygen atoms in total. The van der Waals surface area contributed by atoms with Gasteiger partial charge in [-0.15, -0.1) is 0 Å². The van der Waals surface area contributed by atoms with E-state index in [1.807, 2.05) is 72.8 Å². The normalized spacial score (nSPS) is 13.6. The van der Waals surface area contributed by atoms with Crippen molar-refractivity contribution in [2.24, 2.45) is 0 Å². The van der Waals surface area contributed by atoms with Gasteiger partial charge in [-0.3, -0.25) is 19.4 Å². The Morgan fingerprint density at radius 1 is 0.776 bits per heavy atom. The molecule has 2 N–H and O–H groups in total. The first-order valence-electron chi connectivity index (χ1n) is 16.5. The molecule has 1 aromatic heterocycles. The highest BCUT2D eigenvalue weighted by Gasteiger charge is 2.23. The Morgan fingerprint density at radius 3 is 2.12 bits per heavy atom. The number of carbonyl (C=O) groups excluding carboxylic acids is 3. The molecule has 2 heterocycles. The van der Waals surface area contributed by atoms with Crippen LogP contribution in [0.4, 0.5) is 11.4 Å². The van der Waals surface area contributed by atoms with Gasteiger partial charge in [0.1, 0.15) is 23.8 Å². The predicted octanol–water partition coefficient (Wildman–Crippen LogP) is 5.26. The Kier molecular flexibility index (Phi) is 12.4. The molecule has 0 spiro atoms. The highest BCUT2D eigenvalue weighted by atomic mass is 16.5. The van der Waals surface area contributed by atoms with Gasteiger partial charge in [0.15, 0.2) is 0 Å². The average molecular weight is 666 g/mol. The summed E-state index contributed by atoms with van der Waals surface area (Å²) in [5.74, 6) is 1.23. The average Bonchev–Trinajstić information content (AvgIpc) is 3.14. The molecule has 0 radical (unpaired) electrons. The lowest BCUT2D eigenvalue weighted by atomic mass is 10.1. The lowest BCUT2D eigenvalue weighted by molar-refractivity contribution is -0.122. The van der Waals surface area contributed by atoms with Crippen LogP contribution < -0.4 is 29.7 Å². The number of benzene rings is 3.